The summed E-state index contributed by atoms with van der Waals surface area (Å²) in [4.78, 5) is 94.3. The van der Waals surface area contributed by atoms with E-state index in [-0.39, 0.29) is 49.3 Å². The van der Waals surface area contributed by atoms with E-state index >= 15 is 0 Å². The SMILES string of the molecule is CC[C@H](C)[C@H](NC(=O)CCCCCN)C(=O)NC(CCC(=O)O)C(=O)N1c2ncccc2CC1C(=O)NC(CC(=O)O)C(=O)CCl.Cl. The first kappa shape index (κ1) is 41.2. The summed E-state index contributed by atoms with van der Waals surface area (Å²) in [6, 6.07) is -2.03. The highest BCUT2D eigenvalue weighted by Gasteiger charge is 2.43. The molecule has 15 nitrogen and oxygen atoms in total. The van der Waals surface area contributed by atoms with Gasteiger partial charge in [0.25, 0.3) is 5.91 Å². The lowest BCUT2D eigenvalue weighted by molar-refractivity contribution is -0.140. The number of aromatic nitrogens is 1. The number of amides is 4. The van der Waals surface area contributed by atoms with Crippen molar-refractivity contribution in [2.24, 2.45) is 11.7 Å². The molecule has 0 spiro atoms. The highest BCUT2D eigenvalue weighted by molar-refractivity contribution is 6.28. The molecule has 0 radical (unpaired) electrons. The number of hydrogen-bond donors (Lipinski definition) is 6. The summed E-state index contributed by atoms with van der Waals surface area (Å²) in [6.45, 7) is 4.08. The normalized spacial score (nSPS) is 16.0. The average molecular weight is 704 g/mol. The summed E-state index contributed by atoms with van der Waals surface area (Å²) in [5.41, 5.74) is 5.99. The molecule has 47 heavy (non-hydrogen) atoms. The number of Topliss-reactive ketones (excluding diaryl/α,β-unsaturated/α-hetero) is 1. The Hall–Kier alpha value is -3.82. The van der Waals surface area contributed by atoms with Crippen LogP contribution in [0.25, 0.3) is 0 Å². The summed E-state index contributed by atoms with van der Waals surface area (Å²) in [5, 5.41) is 26.3. The topological polar surface area (TPSA) is 238 Å². The molecule has 1 aliphatic rings. The summed E-state index contributed by atoms with van der Waals surface area (Å²) >= 11 is 5.62. The molecule has 0 aliphatic carbocycles. The maximum Gasteiger partial charge on any atom is 0.305 e. The fourth-order valence-electron chi connectivity index (χ4n) is 5.01. The molecule has 1 aromatic heterocycles. The van der Waals surface area contributed by atoms with Gasteiger partial charge in [-0.3, -0.25) is 38.5 Å². The molecule has 7 N–H and O–H groups in total. The molecule has 262 valence electrons. The molecule has 3 unspecified atom stereocenters. The third-order valence-electron chi connectivity index (χ3n) is 7.76. The number of rotatable bonds is 20. The van der Waals surface area contributed by atoms with Crippen LogP contribution in [-0.4, -0.2) is 93.1 Å². The van der Waals surface area contributed by atoms with Crippen molar-refractivity contribution in [3.63, 3.8) is 0 Å². The fourth-order valence-corrected chi connectivity index (χ4v) is 5.20. The van der Waals surface area contributed by atoms with Crippen molar-refractivity contribution in [2.45, 2.75) is 95.8 Å². The van der Waals surface area contributed by atoms with Crippen molar-refractivity contribution in [1.29, 1.82) is 0 Å². The minimum atomic E-state index is -1.46. The predicted molar refractivity (Wildman–Crippen MR) is 174 cm³/mol. The zero-order chi connectivity index (χ0) is 34.4. The van der Waals surface area contributed by atoms with Gasteiger partial charge in [-0.2, -0.15) is 0 Å². The number of halogens is 2. The summed E-state index contributed by atoms with van der Waals surface area (Å²) in [6.07, 6.45) is 2.49. The van der Waals surface area contributed by atoms with Gasteiger partial charge in [0.15, 0.2) is 5.78 Å². The van der Waals surface area contributed by atoms with Gasteiger partial charge >= 0.3 is 11.9 Å². The van der Waals surface area contributed by atoms with Gasteiger partial charge in [0, 0.05) is 25.5 Å². The highest BCUT2D eigenvalue weighted by Crippen LogP contribution is 2.31. The van der Waals surface area contributed by atoms with Gasteiger partial charge in [-0.1, -0.05) is 32.8 Å². The number of ketones is 1. The number of fused-ring (bicyclic) bond motifs is 1. The highest BCUT2D eigenvalue weighted by atomic mass is 35.5. The van der Waals surface area contributed by atoms with Crippen LogP contribution in [0.4, 0.5) is 5.82 Å². The lowest BCUT2D eigenvalue weighted by Gasteiger charge is -2.31. The van der Waals surface area contributed by atoms with E-state index in [1.54, 1.807) is 19.1 Å². The van der Waals surface area contributed by atoms with Gasteiger partial charge in [-0.25, -0.2) is 4.98 Å². The van der Waals surface area contributed by atoms with Gasteiger partial charge in [0.05, 0.1) is 18.3 Å². The third kappa shape index (κ3) is 12.4. The number of unbranched alkanes of at least 4 members (excludes halogenated alkanes) is 2. The number of carboxylic acid groups (broad SMARTS) is 2. The Morgan fingerprint density at radius 2 is 1.72 bits per heavy atom. The Morgan fingerprint density at radius 3 is 2.32 bits per heavy atom. The van der Waals surface area contributed by atoms with Crippen LogP contribution in [0.3, 0.4) is 0 Å². The van der Waals surface area contributed by atoms with Crippen molar-refractivity contribution in [3.8, 4) is 0 Å². The number of hydrogen-bond acceptors (Lipinski definition) is 9. The molecule has 0 bridgehead atoms. The number of alkyl halides is 1. The van der Waals surface area contributed by atoms with Gasteiger partial charge in [-0.05, 0) is 43.4 Å². The van der Waals surface area contributed by atoms with Gasteiger partial charge < -0.3 is 31.9 Å². The average Bonchev–Trinajstić information content (AvgIpc) is 3.42. The van der Waals surface area contributed by atoms with Crippen molar-refractivity contribution < 1.29 is 43.8 Å². The van der Waals surface area contributed by atoms with Gasteiger partial charge in [-0.15, -0.1) is 24.0 Å². The van der Waals surface area contributed by atoms with Crippen molar-refractivity contribution >= 4 is 71.2 Å². The predicted octanol–water partition coefficient (Wildman–Crippen LogP) is 0.928. The van der Waals surface area contributed by atoms with Crippen molar-refractivity contribution in [2.75, 3.05) is 17.3 Å². The van der Waals surface area contributed by atoms with Gasteiger partial charge in [0.2, 0.25) is 17.7 Å². The number of carbonyl (C=O) groups is 7. The van der Waals surface area contributed by atoms with E-state index < -0.39 is 78.3 Å². The minimum Gasteiger partial charge on any atom is -0.481 e. The molecular weight excluding hydrogens is 659 g/mol. The van der Waals surface area contributed by atoms with Crippen LogP contribution in [-0.2, 0) is 40.0 Å². The second kappa shape index (κ2) is 20.4. The lowest BCUT2D eigenvalue weighted by Crippen LogP contribution is -2.59. The standard InChI is InChI=1S/C30H43ClN6O9.ClH/c1-3-17(2)26(36-23(39)9-5-4-6-12-32)29(45)34-19(10-11-24(40)41)30(46)37-21(14-18-8-7-13-33-27(18)37)28(44)35-20(15-25(42)43)22(38)16-31;/h7-8,13,17,19-21,26H,3-6,9-12,14-16,32H2,1-2H3,(H,34,45)(H,35,44)(H,36,39)(H,40,41)(H,42,43);1H/t17-,19?,20?,21?,26-;/m0./s1. The quantitative estimate of drug-likeness (QED) is 0.0825. The minimum absolute atomic E-state index is 0. The maximum absolute atomic E-state index is 14.1. The Morgan fingerprint density at radius 1 is 1.02 bits per heavy atom. The smallest absolute Gasteiger partial charge is 0.305 e. The fraction of sp³-hybridized carbons (Fsp3) is 0.600. The van der Waals surface area contributed by atoms with E-state index in [4.69, 9.17) is 17.3 Å². The van der Waals surface area contributed by atoms with Crippen LogP contribution in [0.15, 0.2) is 18.3 Å². The van der Waals surface area contributed by atoms with Crippen molar-refractivity contribution in [1.82, 2.24) is 20.9 Å². The first-order valence-electron chi connectivity index (χ1n) is 15.2. The van der Waals surface area contributed by atoms with Crippen LogP contribution in [0, 0.1) is 5.92 Å². The molecule has 0 saturated carbocycles. The molecule has 5 atom stereocenters. The first-order chi connectivity index (χ1) is 21.8. The van der Waals surface area contributed by atoms with Crippen LogP contribution < -0.4 is 26.6 Å². The summed E-state index contributed by atoms with van der Waals surface area (Å²) in [7, 11) is 0. The summed E-state index contributed by atoms with van der Waals surface area (Å²) in [5.74, 6) is -6.92. The van der Waals surface area contributed by atoms with Crippen LogP contribution in [0.1, 0.15) is 70.8 Å². The molecule has 0 aromatic carbocycles. The van der Waals surface area contributed by atoms with E-state index in [0.29, 0.717) is 24.9 Å². The largest absolute Gasteiger partial charge is 0.481 e. The Kier molecular flexibility index (Phi) is 17.9. The van der Waals surface area contributed by atoms with E-state index in [2.05, 4.69) is 20.9 Å². The summed E-state index contributed by atoms with van der Waals surface area (Å²) < 4.78 is 0. The molecule has 4 amide bonds. The van der Waals surface area contributed by atoms with E-state index in [1.807, 2.05) is 6.92 Å². The molecule has 1 aromatic rings. The lowest BCUT2D eigenvalue weighted by atomic mass is 9.97. The number of pyridine rings is 1. The molecular formula is C30H44Cl2N6O9. The number of carboxylic acids is 2. The zero-order valence-corrected chi connectivity index (χ0v) is 28.0. The first-order valence-corrected chi connectivity index (χ1v) is 15.8. The van der Waals surface area contributed by atoms with E-state index in [1.165, 1.54) is 6.20 Å². The second-order valence-electron chi connectivity index (χ2n) is 11.2. The molecule has 2 rings (SSSR count). The molecule has 0 saturated heterocycles. The van der Waals surface area contributed by atoms with Crippen LogP contribution in [0.2, 0.25) is 0 Å². The number of carbonyl (C=O) groups excluding carboxylic acids is 5. The molecule has 0 fully saturated rings. The number of aliphatic carboxylic acids is 2. The van der Waals surface area contributed by atoms with Crippen molar-refractivity contribution in [3.05, 3.63) is 23.9 Å². The van der Waals surface area contributed by atoms with E-state index in [0.717, 1.165) is 17.7 Å². The Bertz CT molecular complexity index is 1280. The zero-order valence-electron chi connectivity index (χ0n) is 26.4. The monoisotopic (exact) mass is 702 g/mol. The van der Waals surface area contributed by atoms with E-state index in [9.17, 15) is 43.8 Å². The van der Waals surface area contributed by atoms with Crippen LogP contribution >= 0.6 is 24.0 Å². The molecule has 2 heterocycles. The second-order valence-corrected chi connectivity index (χ2v) is 11.5. The molecule has 17 heteroatoms. The molecule has 1 aliphatic heterocycles. The van der Waals surface area contributed by atoms with Crippen LogP contribution in [0.5, 0.6) is 0 Å². The Balaban J connectivity index is 0.0000110. The maximum atomic E-state index is 14.1. The number of nitrogens with zero attached hydrogens (tertiary/aromatic N) is 2. The van der Waals surface area contributed by atoms with Gasteiger partial charge in [0.1, 0.15) is 23.9 Å². The Labute approximate surface area is 284 Å². The number of nitrogens with two attached hydrogens (primary N) is 1. The number of nitrogens with one attached hydrogen (secondary N) is 3. The number of anilines is 1. The third-order valence-corrected chi connectivity index (χ3v) is 8.02.